The molecule has 1 atom stereocenters. The third-order valence-electron chi connectivity index (χ3n) is 13.9. The molecule has 0 heterocycles. The van der Waals surface area contributed by atoms with Crippen LogP contribution in [0.15, 0.2) is 24.3 Å². The Labute approximate surface area is 430 Å². The summed E-state index contributed by atoms with van der Waals surface area (Å²) in [5, 5.41) is 0. The van der Waals surface area contributed by atoms with Crippen LogP contribution in [0.3, 0.4) is 0 Å². The summed E-state index contributed by atoms with van der Waals surface area (Å²) in [6, 6.07) is 0. The van der Waals surface area contributed by atoms with Crippen LogP contribution >= 0.6 is 0 Å². The van der Waals surface area contributed by atoms with E-state index < -0.39 is 6.10 Å². The molecule has 0 fully saturated rings. The molecule has 0 amide bonds. The molecule has 0 aromatic heterocycles. The van der Waals surface area contributed by atoms with E-state index in [1.165, 1.54) is 238 Å². The number of hydrogen-bond acceptors (Lipinski definition) is 6. The standard InChI is InChI=1S/C63H118O6/c1-4-7-10-13-16-19-22-25-28-31-33-35-38-41-44-47-50-53-56-62(65)68-59-60(58-67-61(64)55-52-49-46-43-40-37-34-30-27-24-21-18-15-12-9-6-3)69-63(66)57-54-51-48-45-42-39-36-32-29-26-23-20-17-14-11-8-5-2/h26,29-30,34,60H,4-25,27-28,31-33,35-59H2,1-3H3/b29-26-,34-30-/t60-/m1/s1. The van der Waals surface area contributed by atoms with Gasteiger partial charge in [0.1, 0.15) is 13.2 Å². The highest BCUT2D eigenvalue weighted by Gasteiger charge is 2.19. The van der Waals surface area contributed by atoms with Gasteiger partial charge in [0.05, 0.1) is 0 Å². The summed E-state index contributed by atoms with van der Waals surface area (Å²) in [6.45, 7) is 6.68. The van der Waals surface area contributed by atoms with Crippen molar-refractivity contribution in [1.82, 2.24) is 0 Å². The lowest BCUT2D eigenvalue weighted by molar-refractivity contribution is -0.167. The topological polar surface area (TPSA) is 78.9 Å². The minimum absolute atomic E-state index is 0.0708. The molecule has 0 rings (SSSR count). The van der Waals surface area contributed by atoms with Gasteiger partial charge in [-0.15, -0.1) is 0 Å². The average Bonchev–Trinajstić information content (AvgIpc) is 3.35. The van der Waals surface area contributed by atoms with Gasteiger partial charge in [-0.1, -0.05) is 276 Å². The van der Waals surface area contributed by atoms with Crippen LogP contribution in [0, 0.1) is 0 Å². The number of carbonyl (C=O) groups is 3. The summed E-state index contributed by atoms with van der Waals surface area (Å²) in [7, 11) is 0. The molecule has 0 aliphatic rings. The van der Waals surface area contributed by atoms with Crippen LogP contribution < -0.4 is 0 Å². The minimum Gasteiger partial charge on any atom is -0.462 e. The maximum absolute atomic E-state index is 12.9. The lowest BCUT2D eigenvalue weighted by atomic mass is 10.0. The van der Waals surface area contributed by atoms with E-state index in [-0.39, 0.29) is 31.1 Å². The van der Waals surface area contributed by atoms with Gasteiger partial charge in [0.15, 0.2) is 6.10 Å². The molecule has 6 heteroatoms. The first-order valence-corrected chi connectivity index (χ1v) is 30.8. The number of esters is 3. The first kappa shape index (κ1) is 66.9. The molecule has 0 unspecified atom stereocenters. The lowest BCUT2D eigenvalue weighted by Crippen LogP contribution is -2.30. The Morgan fingerprint density at radius 1 is 0.275 bits per heavy atom. The highest BCUT2D eigenvalue weighted by molar-refractivity contribution is 5.71. The number of allylic oxidation sites excluding steroid dienone is 4. The van der Waals surface area contributed by atoms with E-state index in [0.29, 0.717) is 19.3 Å². The van der Waals surface area contributed by atoms with Crippen LogP contribution in [0.25, 0.3) is 0 Å². The molecular formula is C63H118O6. The fourth-order valence-electron chi connectivity index (χ4n) is 9.26. The Hall–Kier alpha value is -2.11. The van der Waals surface area contributed by atoms with Crippen molar-refractivity contribution < 1.29 is 28.6 Å². The zero-order chi connectivity index (χ0) is 50.0. The molecule has 0 aliphatic heterocycles. The van der Waals surface area contributed by atoms with Crippen molar-refractivity contribution in [2.75, 3.05) is 13.2 Å². The highest BCUT2D eigenvalue weighted by atomic mass is 16.6. The van der Waals surface area contributed by atoms with Crippen LogP contribution in [0.4, 0.5) is 0 Å². The van der Waals surface area contributed by atoms with E-state index in [1.807, 2.05) is 0 Å². The van der Waals surface area contributed by atoms with Crippen LogP contribution in [-0.2, 0) is 28.6 Å². The summed E-state index contributed by atoms with van der Waals surface area (Å²) in [5.41, 5.74) is 0. The normalized spacial score (nSPS) is 12.1. The molecule has 0 saturated carbocycles. The second-order valence-electron chi connectivity index (χ2n) is 21.0. The fraction of sp³-hybridized carbons (Fsp3) is 0.889. The monoisotopic (exact) mass is 971 g/mol. The van der Waals surface area contributed by atoms with Gasteiger partial charge < -0.3 is 14.2 Å². The van der Waals surface area contributed by atoms with E-state index in [4.69, 9.17) is 14.2 Å². The van der Waals surface area contributed by atoms with Gasteiger partial charge in [-0.25, -0.2) is 0 Å². The maximum Gasteiger partial charge on any atom is 0.306 e. The van der Waals surface area contributed by atoms with Crippen LogP contribution in [-0.4, -0.2) is 37.2 Å². The fourth-order valence-corrected chi connectivity index (χ4v) is 9.26. The number of carbonyl (C=O) groups excluding carboxylic acids is 3. The largest absolute Gasteiger partial charge is 0.462 e. The second kappa shape index (κ2) is 58.5. The molecule has 0 radical (unpaired) electrons. The first-order chi connectivity index (χ1) is 34.0. The van der Waals surface area contributed by atoms with Gasteiger partial charge in [0, 0.05) is 19.3 Å². The lowest BCUT2D eigenvalue weighted by Gasteiger charge is -2.18. The van der Waals surface area contributed by atoms with E-state index in [9.17, 15) is 14.4 Å². The van der Waals surface area contributed by atoms with Crippen molar-refractivity contribution in [3.05, 3.63) is 24.3 Å². The van der Waals surface area contributed by atoms with E-state index in [0.717, 1.165) is 64.2 Å². The number of rotatable bonds is 57. The molecule has 406 valence electrons. The first-order valence-electron chi connectivity index (χ1n) is 30.8. The SMILES string of the molecule is CCCCCCCC/C=C\CCCCCCCCCC(=O)O[C@H](COC(=O)CCCCCCC/C=C\CCCCCCCCC)COC(=O)CCCCCCCCCCCCCCCCCCCC. The van der Waals surface area contributed by atoms with Crippen molar-refractivity contribution in [3.63, 3.8) is 0 Å². The quantitative estimate of drug-likeness (QED) is 0.0261. The Balaban J connectivity index is 4.34. The van der Waals surface area contributed by atoms with Crippen LogP contribution in [0.2, 0.25) is 0 Å². The molecule has 0 aromatic carbocycles. The Bertz CT molecular complexity index is 1110. The molecule has 0 bridgehead atoms. The predicted octanol–water partition coefficient (Wildman–Crippen LogP) is 20.7. The second-order valence-corrected chi connectivity index (χ2v) is 21.0. The highest BCUT2D eigenvalue weighted by Crippen LogP contribution is 2.17. The summed E-state index contributed by atoms with van der Waals surface area (Å²) in [5.74, 6) is -0.860. The molecule has 0 saturated heterocycles. The van der Waals surface area contributed by atoms with Gasteiger partial charge in [-0.05, 0) is 70.6 Å². The van der Waals surface area contributed by atoms with E-state index in [1.54, 1.807) is 0 Å². The third-order valence-corrected chi connectivity index (χ3v) is 13.9. The summed E-state index contributed by atoms with van der Waals surface area (Å²) >= 11 is 0. The Morgan fingerprint density at radius 3 is 0.725 bits per heavy atom. The number of ether oxygens (including phenoxy) is 3. The predicted molar refractivity (Wildman–Crippen MR) is 298 cm³/mol. The smallest absolute Gasteiger partial charge is 0.306 e. The number of unbranched alkanes of at least 4 members (excludes halogenated alkanes) is 42. The Morgan fingerprint density at radius 2 is 0.478 bits per heavy atom. The van der Waals surface area contributed by atoms with Crippen molar-refractivity contribution in [3.8, 4) is 0 Å². The zero-order valence-electron chi connectivity index (χ0n) is 46.6. The third kappa shape index (κ3) is 56.7. The van der Waals surface area contributed by atoms with Gasteiger partial charge in [-0.2, -0.15) is 0 Å². The van der Waals surface area contributed by atoms with Gasteiger partial charge in [-0.3, -0.25) is 14.4 Å². The van der Waals surface area contributed by atoms with E-state index >= 15 is 0 Å². The molecule has 0 aromatic rings. The average molecular weight is 972 g/mol. The summed E-state index contributed by atoms with van der Waals surface area (Å²) in [6.07, 6.45) is 68.9. The summed E-state index contributed by atoms with van der Waals surface area (Å²) in [4.78, 5) is 38.2. The van der Waals surface area contributed by atoms with Gasteiger partial charge in [0.25, 0.3) is 0 Å². The van der Waals surface area contributed by atoms with Gasteiger partial charge in [0.2, 0.25) is 0 Å². The molecule has 6 nitrogen and oxygen atoms in total. The molecule has 0 spiro atoms. The summed E-state index contributed by atoms with van der Waals surface area (Å²) < 4.78 is 16.9. The molecule has 69 heavy (non-hydrogen) atoms. The maximum atomic E-state index is 12.9. The molecule has 0 aliphatic carbocycles. The van der Waals surface area contributed by atoms with Crippen molar-refractivity contribution >= 4 is 17.9 Å². The molecular weight excluding hydrogens is 853 g/mol. The molecule has 0 N–H and O–H groups in total. The van der Waals surface area contributed by atoms with Crippen molar-refractivity contribution in [2.45, 2.75) is 348 Å². The van der Waals surface area contributed by atoms with Gasteiger partial charge >= 0.3 is 17.9 Å². The zero-order valence-corrected chi connectivity index (χ0v) is 46.6. The van der Waals surface area contributed by atoms with Crippen LogP contribution in [0.1, 0.15) is 342 Å². The van der Waals surface area contributed by atoms with Crippen LogP contribution in [0.5, 0.6) is 0 Å². The minimum atomic E-state index is -0.774. The van der Waals surface area contributed by atoms with Crippen molar-refractivity contribution in [1.29, 1.82) is 0 Å². The van der Waals surface area contributed by atoms with E-state index in [2.05, 4.69) is 45.1 Å². The Kier molecular flexibility index (Phi) is 56.7. The number of hydrogen-bond donors (Lipinski definition) is 0. The van der Waals surface area contributed by atoms with Crippen molar-refractivity contribution in [2.24, 2.45) is 0 Å².